The van der Waals surface area contributed by atoms with Crippen molar-refractivity contribution >= 4 is 50.9 Å². The average molecular weight is 497 g/mol. The number of hydrogen-bond donors (Lipinski definition) is 3. The lowest BCUT2D eigenvalue weighted by atomic mass is 10.2. The molecule has 9 heteroatoms. The normalized spacial score (nSPS) is 11.3. The Balaban J connectivity index is 1.84. The van der Waals surface area contributed by atoms with Gasteiger partial charge in [0, 0.05) is 22.7 Å². The van der Waals surface area contributed by atoms with Crippen molar-refractivity contribution in [2.45, 2.75) is 39.2 Å². The maximum Gasteiger partial charge on any atom is 0.279 e. The molecule has 0 aliphatic rings. The summed E-state index contributed by atoms with van der Waals surface area (Å²) in [6, 6.07) is 11.3. The molecule has 0 radical (unpaired) electrons. The van der Waals surface area contributed by atoms with Crippen LogP contribution >= 0.6 is 27.5 Å². The van der Waals surface area contributed by atoms with Crippen molar-refractivity contribution in [2.75, 3.05) is 5.32 Å². The fourth-order valence-corrected chi connectivity index (χ4v) is 3.15. The van der Waals surface area contributed by atoms with Gasteiger partial charge in [-0.2, -0.15) is 0 Å². The van der Waals surface area contributed by atoms with E-state index in [2.05, 4.69) is 32.1 Å². The van der Waals surface area contributed by atoms with Crippen molar-refractivity contribution in [2.24, 2.45) is 0 Å². The smallest absolute Gasteiger partial charge is 0.279 e. The molecule has 1 atom stereocenters. The number of unbranched alkanes of at least 4 members (excludes halogenated alkanes) is 1. The molecule has 30 heavy (non-hydrogen) atoms. The van der Waals surface area contributed by atoms with Crippen LogP contribution < -0.4 is 20.9 Å². The molecule has 1 unspecified atom stereocenters. The van der Waals surface area contributed by atoms with Crippen LogP contribution in [0.1, 0.15) is 43.5 Å². The van der Waals surface area contributed by atoms with Crippen LogP contribution in [0.15, 0.2) is 46.9 Å². The molecule has 0 bridgehead atoms. The minimum Gasteiger partial charge on any atom is -0.480 e. The Morgan fingerprint density at radius 1 is 1.10 bits per heavy atom. The number of ether oxygens (including phenoxy) is 1. The number of carbonyl (C=O) groups is 3. The van der Waals surface area contributed by atoms with Gasteiger partial charge in [-0.3, -0.25) is 25.2 Å². The number of nitrogens with one attached hydrogen (secondary N) is 3. The summed E-state index contributed by atoms with van der Waals surface area (Å²) in [7, 11) is 0. The zero-order chi connectivity index (χ0) is 22.1. The van der Waals surface area contributed by atoms with Crippen LogP contribution in [-0.4, -0.2) is 23.8 Å². The second-order valence-corrected chi connectivity index (χ2v) is 7.80. The van der Waals surface area contributed by atoms with Gasteiger partial charge in [-0.1, -0.05) is 24.9 Å². The lowest BCUT2D eigenvalue weighted by Gasteiger charge is -2.16. The minimum atomic E-state index is -0.858. The average Bonchev–Trinajstić information content (AvgIpc) is 2.72. The van der Waals surface area contributed by atoms with Crippen molar-refractivity contribution < 1.29 is 19.1 Å². The summed E-state index contributed by atoms with van der Waals surface area (Å²) in [5.41, 5.74) is 5.60. The van der Waals surface area contributed by atoms with E-state index in [4.69, 9.17) is 16.3 Å². The fraction of sp³-hybridized carbons (Fsp3) is 0.286. The van der Waals surface area contributed by atoms with E-state index >= 15 is 0 Å². The second kappa shape index (κ2) is 11.6. The number of hydrogen-bond acceptors (Lipinski definition) is 4. The van der Waals surface area contributed by atoms with Gasteiger partial charge in [-0.05, 0) is 71.7 Å². The van der Waals surface area contributed by atoms with Gasteiger partial charge in [-0.15, -0.1) is 0 Å². The summed E-state index contributed by atoms with van der Waals surface area (Å²) in [4.78, 5) is 36.1. The third-order valence-electron chi connectivity index (χ3n) is 4.05. The van der Waals surface area contributed by atoms with Crippen molar-refractivity contribution in [1.29, 1.82) is 0 Å². The summed E-state index contributed by atoms with van der Waals surface area (Å²) < 4.78 is 6.18. The molecule has 0 aromatic heterocycles. The molecule has 0 aliphatic carbocycles. The van der Waals surface area contributed by atoms with Crippen LogP contribution in [0.5, 0.6) is 5.75 Å². The first-order chi connectivity index (χ1) is 14.3. The Morgan fingerprint density at radius 3 is 2.43 bits per heavy atom. The zero-order valence-electron chi connectivity index (χ0n) is 16.6. The van der Waals surface area contributed by atoms with Gasteiger partial charge in [0.25, 0.3) is 11.8 Å². The maximum absolute atomic E-state index is 12.2. The SMILES string of the molecule is CCCCC(=O)Nc1ccc(C(=O)NNC(=O)C(C)Oc2ccc(Cl)cc2Br)cc1. The Kier molecular flexibility index (Phi) is 9.14. The molecule has 0 saturated heterocycles. The van der Waals surface area contributed by atoms with Crippen LogP contribution in [0.3, 0.4) is 0 Å². The Labute approximate surface area is 188 Å². The molecule has 2 rings (SSSR count). The lowest BCUT2D eigenvalue weighted by Crippen LogP contribution is -2.47. The van der Waals surface area contributed by atoms with E-state index in [0.29, 0.717) is 32.9 Å². The predicted octanol–water partition coefficient (Wildman–Crippen LogP) is 4.46. The van der Waals surface area contributed by atoms with Crippen LogP contribution in [0.4, 0.5) is 5.69 Å². The highest BCUT2D eigenvalue weighted by atomic mass is 79.9. The number of hydrazine groups is 1. The third kappa shape index (κ3) is 7.35. The molecule has 2 aromatic rings. The standard InChI is InChI=1S/C21H23BrClN3O4/c1-3-4-5-19(27)24-16-9-6-14(7-10-16)21(29)26-25-20(28)13(2)30-18-11-8-15(23)12-17(18)22/h6-13H,3-5H2,1-2H3,(H,24,27)(H,25,28)(H,26,29). The van der Waals surface area contributed by atoms with Crippen LogP contribution in [-0.2, 0) is 9.59 Å². The quantitative estimate of drug-likeness (QED) is 0.470. The van der Waals surface area contributed by atoms with Gasteiger partial charge in [0.05, 0.1) is 4.47 Å². The Morgan fingerprint density at radius 2 is 1.80 bits per heavy atom. The first kappa shape index (κ1) is 23.7. The van der Waals surface area contributed by atoms with Gasteiger partial charge in [0.15, 0.2) is 6.10 Å². The molecule has 0 spiro atoms. The van der Waals surface area contributed by atoms with Crippen LogP contribution in [0.2, 0.25) is 5.02 Å². The van der Waals surface area contributed by atoms with Crippen molar-refractivity contribution in [3.8, 4) is 5.75 Å². The third-order valence-corrected chi connectivity index (χ3v) is 4.91. The number of anilines is 1. The molecule has 2 aromatic carbocycles. The molecule has 0 heterocycles. The van der Waals surface area contributed by atoms with Gasteiger partial charge in [-0.25, -0.2) is 0 Å². The summed E-state index contributed by atoms with van der Waals surface area (Å²) >= 11 is 9.19. The van der Waals surface area contributed by atoms with E-state index < -0.39 is 17.9 Å². The van der Waals surface area contributed by atoms with Crippen molar-refractivity contribution in [3.63, 3.8) is 0 Å². The van der Waals surface area contributed by atoms with E-state index in [-0.39, 0.29) is 5.91 Å². The number of amides is 3. The van der Waals surface area contributed by atoms with E-state index in [0.717, 1.165) is 12.8 Å². The Hall–Kier alpha value is -2.58. The summed E-state index contributed by atoms with van der Waals surface area (Å²) in [5, 5.41) is 3.30. The van der Waals surface area contributed by atoms with Gasteiger partial charge in [0.1, 0.15) is 5.75 Å². The summed E-state index contributed by atoms with van der Waals surface area (Å²) in [6.07, 6.45) is 1.36. The number of carbonyl (C=O) groups excluding carboxylic acids is 3. The molecule has 0 saturated carbocycles. The van der Waals surface area contributed by atoms with Gasteiger partial charge >= 0.3 is 0 Å². The van der Waals surface area contributed by atoms with E-state index in [9.17, 15) is 14.4 Å². The first-order valence-corrected chi connectivity index (χ1v) is 10.6. The molecule has 160 valence electrons. The lowest BCUT2D eigenvalue weighted by molar-refractivity contribution is -0.128. The molecule has 7 nitrogen and oxygen atoms in total. The molecule has 3 amide bonds. The second-order valence-electron chi connectivity index (χ2n) is 6.51. The Bertz CT molecular complexity index is 906. The highest BCUT2D eigenvalue weighted by Gasteiger charge is 2.17. The maximum atomic E-state index is 12.2. The zero-order valence-corrected chi connectivity index (χ0v) is 19.0. The van der Waals surface area contributed by atoms with Crippen LogP contribution in [0.25, 0.3) is 0 Å². The highest BCUT2D eigenvalue weighted by Crippen LogP contribution is 2.28. The van der Waals surface area contributed by atoms with E-state index in [1.54, 1.807) is 49.4 Å². The summed E-state index contributed by atoms with van der Waals surface area (Å²) in [5.74, 6) is -0.635. The minimum absolute atomic E-state index is 0.0670. The molecule has 0 aliphatic heterocycles. The van der Waals surface area contributed by atoms with E-state index in [1.165, 1.54) is 0 Å². The number of halogens is 2. The number of rotatable bonds is 8. The fourth-order valence-electron chi connectivity index (χ4n) is 2.37. The first-order valence-electron chi connectivity index (χ1n) is 9.42. The van der Waals surface area contributed by atoms with Gasteiger partial charge < -0.3 is 10.1 Å². The highest BCUT2D eigenvalue weighted by molar-refractivity contribution is 9.10. The van der Waals surface area contributed by atoms with E-state index in [1.807, 2.05) is 6.92 Å². The van der Waals surface area contributed by atoms with Crippen molar-refractivity contribution in [3.05, 3.63) is 57.5 Å². The molecular weight excluding hydrogens is 474 g/mol. The summed E-state index contributed by atoms with van der Waals surface area (Å²) in [6.45, 7) is 3.57. The molecular formula is C21H23BrClN3O4. The molecule has 0 fully saturated rings. The molecule has 3 N–H and O–H groups in total. The largest absolute Gasteiger partial charge is 0.480 e. The van der Waals surface area contributed by atoms with Crippen molar-refractivity contribution in [1.82, 2.24) is 10.9 Å². The number of benzene rings is 2. The monoisotopic (exact) mass is 495 g/mol. The predicted molar refractivity (Wildman–Crippen MR) is 119 cm³/mol. The topological polar surface area (TPSA) is 96.5 Å². The van der Waals surface area contributed by atoms with Crippen LogP contribution in [0, 0.1) is 0 Å². The van der Waals surface area contributed by atoms with Gasteiger partial charge in [0.2, 0.25) is 5.91 Å².